The number of thiazole rings is 1. The van der Waals surface area contributed by atoms with E-state index in [1.807, 2.05) is 24.3 Å². The molecular formula is C17H16N8OS. The smallest absolute Gasteiger partial charge is 0.289 e. The number of anilines is 2. The van der Waals surface area contributed by atoms with Gasteiger partial charge in [0.25, 0.3) is 5.91 Å². The predicted octanol–water partition coefficient (Wildman–Crippen LogP) is 1.51. The van der Waals surface area contributed by atoms with Crippen molar-refractivity contribution in [1.82, 2.24) is 29.8 Å². The van der Waals surface area contributed by atoms with Crippen LogP contribution in [0, 0.1) is 0 Å². The molecule has 1 aliphatic heterocycles. The molecule has 1 amide bonds. The Bertz CT molecular complexity index is 1110. The second-order valence-electron chi connectivity index (χ2n) is 6.29. The van der Waals surface area contributed by atoms with E-state index in [2.05, 4.69) is 29.8 Å². The highest BCUT2D eigenvalue weighted by Crippen LogP contribution is 2.27. The zero-order chi connectivity index (χ0) is 18.4. The number of hydrogen-bond donors (Lipinski definition) is 2. The molecule has 0 bridgehead atoms. The Hall–Kier alpha value is -3.27. The van der Waals surface area contributed by atoms with Crippen LogP contribution in [-0.2, 0) is 0 Å². The van der Waals surface area contributed by atoms with Crippen molar-refractivity contribution in [3.8, 4) is 0 Å². The Morgan fingerprint density at radius 3 is 2.74 bits per heavy atom. The summed E-state index contributed by atoms with van der Waals surface area (Å²) in [5.74, 6) is 1.25. The first-order valence-corrected chi connectivity index (χ1v) is 9.43. The number of rotatable bonds is 2. The van der Waals surface area contributed by atoms with E-state index in [1.165, 1.54) is 11.3 Å². The minimum absolute atomic E-state index is 0.0909. The number of nitrogens with two attached hydrogens (primary N) is 1. The molecule has 0 spiro atoms. The summed E-state index contributed by atoms with van der Waals surface area (Å²) < 4.78 is 0. The maximum Gasteiger partial charge on any atom is 0.289 e. The number of imidazole rings is 1. The average Bonchev–Trinajstić information content (AvgIpc) is 3.33. The Balaban J connectivity index is 1.35. The topological polar surface area (TPSA) is 117 Å². The van der Waals surface area contributed by atoms with E-state index in [1.54, 1.807) is 10.4 Å². The third kappa shape index (κ3) is 2.74. The Kier molecular flexibility index (Phi) is 3.64. The number of carbonyl (C=O) groups excluding carboxylic acids is 1. The summed E-state index contributed by atoms with van der Waals surface area (Å²) in [6.07, 6.45) is 0. The summed E-state index contributed by atoms with van der Waals surface area (Å²) in [7, 11) is 0. The number of aromatic nitrogens is 5. The molecule has 1 fully saturated rings. The highest BCUT2D eigenvalue weighted by molar-refractivity contribution is 7.16. The third-order valence-electron chi connectivity index (χ3n) is 4.66. The number of nitrogens with one attached hydrogen (secondary N) is 1. The van der Waals surface area contributed by atoms with Gasteiger partial charge in [-0.1, -0.05) is 12.1 Å². The van der Waals surface area contributed by atoms with Crippen LogP contribution in [0.3, 0.4) is 0 Å². The minimum Gasteiger partial charge on any atom is -0.368 e. The first-order valence-electron chi connectivity index (χ1n) is 8.55. The number of H-pyrrole nitrogens is 1. The number of nitrogens with zero attached hydrogens (tertiary/aromatic N) is 6. The summed E-state index contributed by atoms with van der Waals surface area (Å²) in [5.41, 5.74) is 9.98. The maximum atomic E-state index is 12.8. The normalized spacial score (nSPS) is 15.0. The monoisotopic (exact) mass is 380 g/mol. The molecule has 0 unspecified atom stereocenters. The Morgan fingerprint density at radius 1 is 1.11 bits per heavy atom. The molecule has 27 heavy (non-hydrogen) atoms. The van der Waals surface area contributed by atoms with E-state index in [-0.39, 0.29) is 11.9 Å². The van der Waals surface area contributed by atoms with Gasteiger partial charge in [-0.2, -0.15) is 4.98 Å². The summed E-state index contributed by atoms with van der Waals surface area (Å²) in [6, 6.07) is 7.62. The number of carbonyl (C=O) groups is 1. The zero-order valence-corrected chi connectivity index (χ0v) is 15.1. The number of piperazine rings is 1. The number of amides is 1. The van der Waals surface area contributed by atoms with E-state index < -0.39 is 0 Å². The number of aromatic amines is 1. The summed E-state index contributed by atoms with van der Waals surface area (Å²) in [4.78, 5) is 37.9. The fraction of sp³-hybridized carbons (Fsp3) is 0.235. The first kappa shape index (κ1) is 15.9. The molecule has 0 aliphatic carbocycles. The summed E-state index contributed by atoms with van der Waals surface area (Å²) in [5, 5.41) is 0. The minimum atomic E-state index is -0.0909. The van der Waals surface area contributed by atoms with Gasteiger partial charge in [-0.15, -0.1) is 11.3 Å². The van der Waals surface area contributed by atoms with Crippen LogP contribution in [0.1, 0.15) is 10.6 Å². The molecule has 9 nitrogen and oxygen atoms in total. The van der Waals surface area contributed by atoms with Crippen LogP contribution in [0.25, 0.3) is 21.4 Å². The van der Waals surface area contributed by atoms with Crippen molar-refractivity contribution in [3.05, 3.63) is 35.6 Å². The summed E-state index contributed by atoms with van der Waals surface area (Å²) in [6.45, 7) is 2.45. The van der Waals surface area contributed by atoms with Gasteiger partial charge < -0.3 is 20.5 Å². The van der Waals surface area contributed by atoms with Crippen molar-refractivity contribution in [2.24, 2.45) is 0 Å². The lowest BCUT2D eigenvalue weighted by Crippen LogP contribution is -2.49. The molecule has 1 saturated heterocycles. The zero-order valence-electron chi connectivity index (χ0n) is 14.3. The van der Waals surface area contributed by atoms with Crippen molar-refractivity contribution < 1.29 is 4.79 Å². The van der Waals surface area contributed by atoms with Crippen LogP contribution in [0.2, 0.25) is 0 Å². The number of benzene rings is 1. The number of para-hydroxylation sites is 2. The molecular weight excluding hydrogens is 364 g/mol. The molecule has 136 valence electrons. The lowest BCUT2D eigenvalue weighted by atomic mass is 10.3. The molecule has 5 rings (SSSR count). The van der Waals surface area contributed by atoms with Crippen molar-refractivity contribution in [3.63, 3.8) is 0 Å². The van der Waals surface area contributed by atoms with Gasteiger partial charge in [-0.25, -0.2) is 15.0 Å². The molecule has 0 atom stereocenters. The van der Waals surface area contributed by atoms with Crippen LogP contribution in [0.4, 0.5) is 11.8 Å². The fourth-order valence-corrected chi connectivity index (χ4v) is 3.97. The molecule has 0 saturated carbocycles. The molecule has 10 heteroatoms. The predicted molar refractivity (Wildman–Crippen MR) is 104 cm³/mol. The van der Waals surface area contributed by atoms with E-state index >= 15 is 0 Å². The molecule has 0 radical (unpaired) electrons. The van der Waals surface area contributed by atoms with Gasteiger partial charge in [0, 0.05) is 26.2 Å². The van der Waals surface area contributed by atoms with Gasteiger partial charge in [0.1, 0.15) is 5.52 Å². The SMILES string of the molecule is Nc1nc(N2CCN(C(=O)c3nc4ccccc4[nH]3)CC2)c2ncsc2n1. The quantitative estimate of drug-likeness (QED) is 0.541. The first-order chi connectivity index (χ1) is 13.2. The van der Waals surface area contributed by atoms with Gasteiger partial charge >= 0.3 is 0 Å². The van der Waals surface area contributed by atoms with Crippen LogP contribution in [-0.4, -0.2) is 61.9 Å². The largest absolute Gasteiger partial charge is 0.368 e. The standard InChI is InChI=1S/C17H16N8OS/c18-17-22-14(12-15(23-17)27-9-19-12)24-5-7-25(8-6-24)16(26)13-20-10-3-1-2-4-11(10)21-13/h1-4,9H,5-8H2,(H,20,21)(H2,18,22,23). The van der Waals surface area contributed by atoms with Crippen LogP contribution >= 0.6 is 11.3 Å². The van der Waals surface area contributed by atoms with E-state index in [0.717, 1.165) is 27.2 Å². The van der Waals surface area contributed by atoms with Crippen LogP contribution in [0.5, 0.6) is 0 Å². The lowest BCUT2D eigenvalue weighted by Gasteiger charge is -2.35. The second-order valence-corrected chi connectivity index (χ2v) is 7.13. The van der Waals surface area contributed by atoms with Crippen LogP contribution < -0.4 is 10.6 Å². The molecule has 1 aliphatic rings. The Labute approximate surface area is 157 Å². The second kappa shape index (κ2) is 6.16. The van der Waals surface area contributed by atoms with Gasteiger partial charge in [-0.3, -0.25) is 4.79 Å². The van der Waals surface area contributed by atoms with Crippen molar-refractivity contribution in [1.29, 1.82) is 0 Å². The summed E-state index contributed by atoms with van der Waals surface area (Å²) >= 11 is 1.44. The molecule has 4 aromatic rings. The van der Waals surface area contributed by atoms with Gasteiger partial charge in [0.15, 0.2) is 16.5 Å². The van der Waals surface area contributed by atoms with E-state index in [9.17, 15) is 4.79 Å². The third-order valence-corrected chi connectivity index (χ3v) is 5.37. The molecule has 4 heterocycles. The highest BCUT2D eigenvalue weighted by Gasteiger charge is 2.26. The van der Waals surface area contributed by atoms with Crippen LogP contribution in [0.15, 0.2) is 29.8 Å². The molecule has 1 aromatic carbocycles. The van der Waals surface area contributed by atoms with E-state index in [0.29, 0.717) is 32.0 Å². The number of hydrogen-bond acceptors (Lipinski definition) is 8. The lowest BCUT2D eigenvalue weighted by molar-refractivity contribution is 0.0736. The van der Waals surface area contributed by atoms with Crippen molar-refractivity contribution in [2.45, 2.75) is 0 Å². The van der Waals surface area contributed by atoms with Gasteiger partial charge in [-0.05, 0) is 12.1 Å². The average molecular weight is 380 g/mol. The number of fused-ring (bicyclic) bond motifs is 2. The van der Waals surface area contributed by atoms with E-state index in [4.69, 9.17) is 5.73 Å². The van der Waals surface area contributed by atoms with Crippen molar-refractivity contribution in [2.75, 3.05) is 36.8 Å². The highest BCUT2D eigenvalue weighted by atomic mass is 32.1. The fourth-order valence-electron chi connectivity index (χ4n) is 3.31. The molecule has 3 aromatic heterocycles. The van der Waals surface area contributed by atoms with Gasteiger partial charge in [0.05, 0.1) is 16.5 Å². The number of nitrogen functional groups attached to an aromatic ring is 1. The maximum absolute atomic E-state index is 12.8. The molecule has 3 N–H and O–H groups in total. The van der Waals surface area contributed by atoms with Gasteiger partial charge in [0.2, 0.25) is 5.95 Å². The van der Waals surface area contributed by atoms with Crippen molar-refractivity contribution >= 4 is 50.4 Å². The Morgan fingerprint density at radius 2 is 1.93 bits per heavy atom.